The molecule has 4 heteroatoms. The fourth-order valence-corrected chi connectivity index (χ4v) is 3.23. The van der Waals surface area contributed by atoms with E-state index in [9.17, 15) is 4.79 Å². The first-order chi connectivity index (χ1) is 11.9. The van der Waals surface area contributed by atoms with Crippen molar-refractivity contribution in [3.8, 4) is 11.3 Å². The second kappa shape index (κ2) is 6.79. The maximum atomic E-state index is 12.4. The molecule has 0 aliphatic carbocycles. The normalized spacial score (nSPS) is 14.1. The van der Waals surface area contributed by atoms with Crippen LogP contribution in [0.3, 0.4) is 0 Å². The van der Waals surface area contributed by atoms with Gasteiger partial charge in [0.15, 0.2) is 0 Å². The van der Waals surface area contributed by atoms with Crippen molar-refractivity contribution in [1.29, 1.82) is 0 Å². The highest BCUT2D eigenvalue weighted by Gasteiger charge is 2.28. The lowest BCUT2D eigenvalue weighted by Gasteiger charge is -2.31. The largest absolute Gasteiger partial charge is 0.444 e. The third-order valence-corrected chi connectivity index (χ3v) is 4.32. The van der Waals surface area contributed by atoms with Crippen LogP contribution in [-0.2, 0) is 24.2 Å². The number of carbonyl (C=O) groups is 1. The van der Waals surface area contributed by atoms with E-state index < -0.39 is 5.60 Å². The minimum Gasteiger partial charge on any atom is -0.444 e. The zero-order chi connectivity index (χ0) is 18.0. The van der Waals surface area contributed by atoms with Crippen molar-refractivity contribution in [2.45, 2.75) is 45.9 Å². The Kier molecular flexibility index (Phi) is 4.71. The molecule has 25 heavy (non-hydrogen) atoms. The van der Waals surface area contributed by atoms with Gasteiger partial charge in [0.05, 0.1) is 6.54 Å². The molecule has 2 aromatic rings. The molecule has 4 nitrogen and oxygen atoms in total. The van der Waals surface area contributed by atoms with Crippen LogP contribution in [0.4, 0.5) is 4.79 Å². The summed E-state index contributed by atoms with van der Waals surface area (Å²) in [4.78, 5) is 14.2. The van der Waals surface area contributed by atoms with Gasteiger partial charge >= 0.3 is 6.09 Å². The topological polar surface area (TPSA) is 34.5 Å². The first-order valence-corrected chi connectivity index (χ1v) is 8.74. The lowest BCUT2D eigenvalue weighted by molar-refractivity contribution is 0.0219. The van der Waals surface area contributed by atoms with Gasteiger partial charge in [-0.3, -0.25) is 0 Å². The van der Waals surface area contributed by atoms with Crippen LogP contribution in [0.15, 0.2) is 49.1 Å². The maximum Gasteiger partial charge on any atom is 0.410 e. The van der Waals surface area contributed by atoms with Crippen molar-refractivity contribution < 1.29 is 9.53 Å². The van der Waals surface area contributed by atoms with Crippen molar-refractivity contribution in [3.05, 3.63) is 60.3 Å². The number of aromatic nitrogens is 1. The summed E-state index contributed by atoms with van der Waals surface area (Å²) in [7, 11) is 0. The van der Waals surface area contributed by atoms with Gasteiger partial charge in [-0.1, -0.05) is 36.4 Å². The predicted molar refractivity (Wildman–Crippen MR) is 100 cm³/mol. The van der Waals surface area contributed by atoms with Gasteiger partial charge in [-0.25, -0.2) is 4.79 Å². The fourth-order valence-electron chi connectivity index (χ4n) is 3.23. The van der Waals surface area contributed by atoms with Gasteiger partial charge in [-0.2, -0.15) is 0 Å². The van der Waals surface area contributed by atoms with E-state index in [2.05, 4.69) is 29.3 Å². The van der Waals surface area contributed by atoms with Gasteiger partial charge in [0.1, 0.15) is 5.60 Å². The molecule has 0 unspecified atom stereocenters. The van der Waals surface area contributed by atoms with Gasteiger partial charge in [0.25, 0.3) is 0 Å². The van der Waals surface area contributed by atoms with Crippen LogP contribution in [0.25, 0.3) is 11.3 Å². The maximum absolute atomic E-state index is 12.4. The van der Waals surface area contributed by atoms with Crippen molar-refractivity contribution in [2.24, 2.45) is 0 Å². The average Bonchev–Trinajstić information content (AvgIpc) is 2.92. The van der Waals surface area contributed by atoms with Crippen LogP contribution in [0.2, 0.25) is 0 Å². The van der Waals surface area contributed by atoms with E-state index in [1.165, 1.54) is 22.5 Å². The third-order valence-electron chi connectivity index (χ3n) is 4.32. The van der Waals surface area contributed by atoms with Crippen molar-refractivity contribution in [3.63, 3.8) is 0 Å². The molecule has 1 aliphatic rings. The molecule has 0 saturated heterocycles. The van der Waals surface area contributed by atoms with E-state index in [0.29, 0.717) is 13.1 Å². The summed E-state index contributed by atoms with van der Waals surface area (Å²) in [5, 5.41) is 0. The number of hydrogen-bond acceptors (Lipinski definition) is 2. The monoisotopic (exact) mass is 338 g/mol. The standard InChI is InChI=1S/C21H26N2O2/c1-5-12-23-18(16-9-7-6-8-10-16)14-17-11-13-22(15-19(17)23)20(24)25-21(2,3)4/h5-10,14H,1,11-13,15H2,2-4H3. The van der Waals surface area contributed by atoms with Crippen molar-refractivity contribution in [1.82, 2.24) is 9.47 Å². The summed E-state index contributed by atoms with van der Waals surface area (Å²) < 4.78 is 7.80. The Morgan fingerprint density at radius 2 is 2.00 bits per heavy atom. The fraction of sp³-hybridized carbons (Fsp3) is 0.381. The van der Waals surface area contributed by atoms with Crippen molar-refractivity contribution >= 4 is 6.09 Å². The molecule has 1 aromatic heterocycles. The quantitative estimate of drug-likeness (QED) is 0.765. The minimum atomic E-state index is -0.477. The van der Waals surface area contributed by atoms with Crippen LogP contribution >= 0.6 is 0 Å². The SMILES string of the molecule is C=CCn1c(-c2ccccc2)cc2c1CN(C(=O)OC(C)(C)C)CC2. The van der Waals surface area contributed by atoms with Crippen LogP contribution in [0.5, 0.6) is 0 Å². The Hall–Kier alpha value is -2.49. The molecule has 0 atom stereocenters. The van der Waals surface area contributed by atoms with Crippen LogP contribution < -0.4 is 0 Å². The molecule has 132 valence electrons. The summed E-state index contributed by atoms with van der Waals surface area (Å²) in [6, 6.07) is 12.6. The van der Waals surface area contributed by atoms with Crippen molar-refractivity contribution in [2.75, 3.05) is 6.54 Å². The number of hydrogen-bond donors (Lipinski definition) is 0. The summed E-state index contributed by atoms with van der Waals surface area (Å²) in [5.41, 5.74) is 4.37. The second-order valence-electron chi connectivity index (χ2n) is 7.42. The third kappa shape index (κ3) is 3.78. The molecule has 0 spiro atoms. The Morgan fingerprint density at radius 1 is 1.28 bits per heavy atom. The molecular weight excluding hydrogens is 312 g/mol. The molecule has 0 radical (unpaired) electrons. The smallest absolute Gasteiger partial charge is 0.410 e. The van der Waals surface area contributed by atoms with E-state index in [1.54, 1.807) is 4.90 Å². The summed E-state index contributed by atoms with van der Waals surface area (Å²) in [6.07, 6.45) is 2.50. The molecule has 0 bridgehead atoms. The van der Waals surface area contributed by atoms with E-state index in [4.69, 9.17) is 4.74 Å². The van der Waals surface area contributed by atoms with Gasteiger partial charge < -0.3 is 14.2 Å². The Morgan fingerprint density at radius 3 is 2.64 bits per heavy atom. The van der Waals surface area contributed by atoms with Gasteiger partial charge in [-0.05, 0) is 44.4 Å². The van der Waals surface area contributed by atoms with Gasteiger partial charge in [-0.15, -0.1) is 6.58 Å². The van der Waals surface area contributed by atoms with E-state index >= 15 is 0 Å². The van der Waals surface area contributed by atoms with E-state index in [-0.39, 0.29) is 6.09 Å². The highest BCUT2D eigenvalue weighted by Crippen LogP contribution is 2.30. The Balaban J connectivity index is 1.92. The molecule has 2 heterocycles. The Labute approximate surface area is 149 Å². The molecule has 1 aliphatic heterocycles. The van der Waals surface area contributed by atoms with Gasteiger partial charge in [0, 0.05) is 24.5 Å². The van der Waals surface area contributed by atoms with Gasteiger partial charge in [0.2, 0.25) is 0 Å². The van der Waals surface area contributed by atoms with Crippen LogP contribution in [0.1, 0.15) is 32.0 Å². The number of nitrogens with zero attached hydrogens (tertiary/aromatic N) is 2. The molecule has 1 aromatic carbocycles. The van der Waals surface area contributed by atoms with Crippen LogP contribution in [-0.4, -0.2) is 27.7 Å². The lowest BCUT2D eigenvalue weighted by Crippen LogP contribution is -2.40. The number of ether oxygens (including phenoxy) is 1. The molecular formula is C21H26N2O2. The average molecular weight is 338 g/mol. The molecule has 0 fully saturated rings. The van der Waals surface area contributed by atoms with E-state index in [1.807, 2.05) is 45.0 Å². The number of rotatable bonds is 3. The highest BCUT2D eigenvalue weighted by molar-refractivity contribution is 5.69. The molecule has 0 N–H and O–H groups in total. The number of carbonyl (C=O) groups excluding carboxylic acids is 1. The zero-order valence-corrected chi connectivity index (χ0v) is 15.3. The molecule has 1 amide bonds. The molecule has 0 saturated carbocycles. The number of amides is 1. The first-order valence-electron chi connectivity index (χ1n) is 8.74. The summed E-state index contributed by atoms with van der Waals surface area (Å²) in [6.45, 7) is 11.6. The second-order valence-corrected chi connectivity index (χ2v) is 7.42. The summed E-state index contributed by atoms with van der Waals surface area (Å²) >= 11 is 0. The van der Waals surface area contributed by atoms with E-state index in [0.717, 1.165) is 13.0 Å². The first kappa shape index (κ1) is 17.3. The lowest BCUT2D eigenvalue weighted by atomic mass is 10.1. The number of benzene rings is 1. The number of allylic oxidation sites excluding steroid dienone is 1. The number of fused-ring (bicyclic) bond motifs is 1. The minimum absolute atomic E-state index is 0.245. The Bertz CT molecular complexity index is 769. The zero-order valence-electron chi connectivity index (χ0n) is 15.3. The molecule has 3 rings (SSSR count). The van der Waals surface area contributed by atoms with Crippen LogP contribution in [0, 0.1) is 0 Å². The summed E-state index contributed by atoms with van der Waals surface area (Å²) in [5.74, 6) is 0. The highest BCUT2D eigenvalue weighted by atomic mass is 16.6. The predicted octanol–water partition coefficient (Wildman–Crippen LogP) is 4.63.